The highest BCUT2D eigenvalue weighted by Crippen LogP contribution is 2.25. The van der Waals surface area contributed by atoms with Crippen molar-refractivity contribution < 1.29 is 5.11 Å². The molecule has 0 saturated heterocycles. The minimum Gasteiger partial charge on any atom is -0.493 e. The number of hydrogen-bond acceptors (Lipinski definition) is 5. The van der Waals surface area contributed by atoms with Crippen molar-refractivity contribution in [3.63, 3.8) is 0 Å². The highest BCUT2D eigenvalue weighted by atomic mass is 79.9. The van der Waals surface area contributed by atoms with Crippen LogP contribution in [-0.4, -0.2) is 9.67 Å². The van der Waals surface area contributed by atoms with E-state index in [4.69, 9.17) is 5.73 Å². The topological polar surface area (TPSA) is 80.6 Å². The summed E-state index contributed by atoms with van der Waals surface area (Å²) in [5, 5.41) is 11.8. The number of aromatic hydroxyl groups is 1. The summed E-state index contributed by atoms with van der Waals surface area (Å²) in [6.07, 6.45) is 3.63. The Morgan fingerprint density at radius 1 is 1.27 bits per heavy atom. The van der Waals surface area contributed by atoms with Crippen LogP contribution in [0.5, 0.6) is 5.88 Å². The molecule has 2 heterocycles. The maximum Gasteiger partial charge on any atom is 0.310 e. The Morgan fingerprint density at radius 2 is 2.00 bits per heavy atom. The molecule has 5 nitrogen and oxygen atoms in total. The van der Waals surface area contributed by atoms with Crippen LogP contribution >= 0.6 is 27.3 Å². The van der Waals surface area contributed by atoms with Gasteiger partial charge in [-0.25, -0.2) is 0 Å². The van der Waals surface area contributed by atoms with Gasteiger partial charge in [0.25, 0.3) is 0 Å². The van der Waals surface area contributed by atoms with Crippen LogP contribution in [0.1, 0.15) is 16.0 Å². The van der Waals surface area contributed by atoms with Crippen molar-refractivity contribution in [2.45, 2.75) is 0 Å². The van der Waals surface area contributed by atoms with Crippen molar-refractivity contribution in [3.05, 3.63) is 83.3 Å². The first-order valence-electron chi connectivity index (χ1n) is 7.78. The molecule has 130 valence electrons. The third-order valence-electron chi connectivity index (χ3n) is 4.26. The quantitative estimate of drug-likeness (QED) is 0.615. The van der Waals surface area contributed by atoms with Gasteiger partial charge in [0.1, 0.15) is 0 Å². The number of nitrogens with zero attached hydrogens (tertiary/aromatic N) is 2. The fourth-order valence-electron chi connectivity index (χ4n) is 2.80. The van der Waals surface area contributed by atoms with Crippen molar-refractivity contribution in [1.29, 1.82) is 0 Å². The molecule has 3 aromatic rings. The van der Waals surface area contributed by atoms with E-state index in [2.05, 4.69) is 20.9 Å². The molecule has 0 atom stereocenters. The van der Waals surface area contributed by atoms with E-state index in [1.54, 1.807) is 13.1 Å². The van der Waals surface area contributed by atoms with Gasteiger partial charge in [-0.15, -0.1) is 0 Å². The zero-order valence-corrected chi connectivity index (χ0v) is 16.1. The Hall–Kier alpha value is -2.64. The summed E-state index contributed by atoms with van der Waals surface area (Å²) >= 11 is 4.56. The number of benzene rings is 2. The van der Waals surface area contributed by atoms with Crippen molar-refractivity contribution in [1.82, 2.24) is 4.57 Å². The maximum absolute atomic E-state index is 11.7. The van der Waals surface area contributed by atoms with Crippen LogP contribution < -0.4 is 21.2 Å². The minimum atomic E-state index is -0.205. The molecule has 0 aliphatic carbocycles. The van der Waals surface area contributed by atoms with Crippen LogP contribution in [0.25, 0.3) is 11.6 Å². The van der Waals surface area contributed by atoms with Crippen molar-refractivity contribution in [2.24, 2.45) is 12.0 Å². The number of fused-ring (bicyclic) bond motifs is 1. The molecule has 2 aromatic carbocycles. The second kappa shape index (κ2) is 6.26. The monoisotopic (exact) mass is 427 g/mol. The highest BCUT2D eigenvalue weighted by molar-refractivity contribution is 9.10. The predicted octanol–water partition coefficient (Wildman–Crippen LogP) is 2.35. The first-order valence-corrected chi connectivity index (χ1v) is 9.39. The number of rotatable bonds is 2. The van der Waals surface area contributed by atoms with Gasteiger partial charge >= 0.3 is 4.87 Å². The largest absolute Gasteiger partial charge is 0.493 e. The molecule has 1 aliphatic heterocycles. The van der Waals surface area contributed by atoms with Crippen LogP contribution in [0.15, 0.2) is 56.9 Å². The Morgan fingerprint density at radius 3 is 2.65 bits per heavy atom. The molecule has 7 heteroatoms. The Labute approximate surface area is 161 Å². The van der Waals surface area contributed by atoms with Crippen LogP contribution in [0.4, 0.5) is 5.69 Å². The highest BCUT2D eigenvalue weighted by Gasteiger charge is 2.14. The Kier molecular flexibility index (Phi) is 4.05. The number of hydrogen-bond donors (Lipinski definition) is 2. The number of anilines is 1. The molecule has 0 unspecified atom stereocenters. The molecule has 3 N–H and O–H groups in total. The summed E-state index contributed by atoms with van der Waals surface area (Å²) in [7, 11) is 1.55. The summed E-state index contributed by atoms with van der Waals surface area (Å²) in [6, 6.07) is 11.6. The molecular formula is C19H14BrN3O2S. The molecule has 26 heavy (non-hydrogen) atoms. The van der Waals surface area contributed by atoms with Crippen molar-refractivity contribution in [3.8, 4) is 5.88 Å². The van der Waals surface area contributed by atoms with Gasteiger partial charge in [-0.2, -0.15) is 0 Å². The lowest BCUT2D eigenvalue weighted by Gasteiger charge is -2.06. The summed E-state index contributed by atoms with van der Waals surface area (Å²) in [4.78, 5) is 16.5. The van der Waals surface area contributed by atoms with Gasteiger partial charge in [0.2, 0.25) is 5.88 Å². The fourth-order valence-corrected chi connectivity index (χ4v) is 4.08. The molecule has 0 radical (unpaired) electrons. The van der Waals surface area contributed by atoms with E-state index < -0.39 is 0 Å². The average molecular weight is 428 g/mol. The maximum atomic E-state index is 11.7. The van der Waals surface area contributed by atoms with Crippen LogP contribution in [0.3, 0.4) is 0 Å². The number of halogens is 1. The van der Waals surface area contributed by atoms with Gasteiger partial charge in [0.15, 0.2) is 0 Å². The van der Waals surface area contributed by atoms with E-state index in [9.17, 15) is 9.90 Å². The van der Waals surface area contributed by atoms with Gasteiger partial charge in [-0.1, -0.05) is 39.4 Å². The molecular weight excluding hydrogens is 414 g/mol. The van der Waals surface area contributed by atoms with E-state index >= 15 is 0 Å². The SMILES string of the molecule is Cn1c(O)c(C=c2cc3c(cc2Br)=NC=C3c2ccc(N)cc2)sc1=O. The van der Waals surface area contributed by atoms with E-state index in [1.807, 2.05) is 42.6 Å². The molecule has 0 saturated carbocycles. The molecule has 4 rings (SSSR count). The van der Waals surface area contributed by atoms with Gasteiger partial charge < -0.3 is 10.8 Å². The van der Waals surface area contributed by atoms with Crippen LogP contribution in [-0.2, 0) is 7.05 Å². The molecule has 1 aliphatic rings. The van der Waals surface area contributed by atoms with Crippen molar-refractivity contribution in [2.75, 3.05) is 5.73 Å². The second-order valence-corrected chi connectivity index (χ2v) is 7.79. The van der Waals surface area contributed by atoms with Crippen LogP contribution in [0, 0.1) is 0 Å². The fraction of sp³-hybridized carbons (Fsp3) is 0.0526. The predicted molar refractivity (Wildman–Crippen MR) is 108 cm³/mol. The molecule has 1 aromatic heterocycles. The summed E-state index contributed by atoms with van der Waals surface area (Å²) < 4.78 is 2.07. The second-order valence-electron chi connectivity index (χ2n) is 5.94. The normalized spacial score (nSPS) is 13.5. The minimum absolute atomic E-state index is 0.0358. The molecule has 0 fully saturated rings. The third-order valence-corrected chi connectivity index (χ3v) is 5.91. The van der Waals surface area contributed by atoms with Gasteiger partial charge in [-0.3, -0.25) is 14.4 Å². The third kappa shape index (κ3) is 2.79. The zero-order chi connectivity index (χ0) is 18.4. The number of nitrogen functional groups attached to an aromatic ring is 1. The van der Waals surface area contributed by atoms with E-state index in [1.165, 1.54) is 4.57 Å². The van der Waals surface area contributed by atoms with E-state index in [0.717, 1.165) is 43.1 Å². The van der Waals surface area contributed by atoms with Gasteiger partial charge in [0, 0.05) is 34.5 Å². The smallest absolute Gasteiger partial charge is 0.310 e. The Bertz CT molecular complexity index is 1240. The number of thiazole rings is 1. The lowest BCUT2D eigenvalue weighted by Crippen LogP contribution is -2.14. The van der Waals surface area contributed by atoms with Crippen molar-refractivity contribution >= 4 is 44.6 Å². The van der Waals surface area contributed by atoms with Gasteiger partial charge in [-0.05, 0) is 41.1 Å². The Balaban J connectivity index is 1.87. The first-order chi connectivity index (χ1) is 12.4. The summed E-state index contributed by atoms with van der Waals surface area (Å²) in [5.74, 6) is -0.0358. The summed E-state index contributed by atoms with van der Waals surface area (Å²) in [5.41, 5.74) is 9.52. The van der Waals surface area contributed by atoms with Gasteiger partial charge in [0.05, 0.1) is 10.2 Å². The average Bonchev–Trinajstić information content (AvgIpc) is 3.12. The molecule has 0 bridgehead atoms. The molecule has 0 amide bonds. The lowest BCUT2D eigenvalue weighted by molar-refractivity contribution is 0.428. The standard InChI is InChI=1S/C19H14BrN3O2S/c1-23-18(24)17(26-19(23)25)7-11-6-13-14(9-22-16(13)8-15(11)20)10-2-4-12(21)5-3-10/h2-9,24H,21H2,1H3. The number of nitrogens with two attached hydrogens (primary N) is 1. The number of aromatic nitrogens is 1. The molecule has 0 spiro atoms. The van der Waals surface area contributed by atoms with E-state index in [0.29, 0.717) is 10.6 Å². The lowest BCUT2D eigenvalue weighted by atomic mass is 9.99. The zero-order valence-electron chi connectivity index (χ0n) is 13.7. The first kappa shape index (κ1) is 16.8. The van der Waals surface area contributed by atoms with Crippen LogP contribution in [0.2, 0.25) is 0 Å². The summed E-state index contributed by atoms with van der Waals surface area (Å²) in [6.45, 7) is 0. The van der Waals surface area contributed by atoms with E-state index in [-0.39, 0.29) is 10.8 Å².